The molecule has 0 aliphatic carbocycles. The second-order valence-corrected chi connectivity index (χ2v) is 5.28. The maximum atomic E-state index is 12.2. The number of carbonyl (C=O) groups is 1. The van der Waals surface area contributed by atoms with Crippen LogP contribution in [0.1, 0.15) is 35.8 Å². The van der Waals surface area contributed by atoms with E-state index in [2.05, 4.69) is 18.8 Å². The van der Waals surface area contributed by atoms with Gasteiger partial charge in [-0.2, -0.15) is 0 Å². The molecule has 2 atom stereocenters. The van der Waals surface area contributed by atoms with E-state index in [0.29, 0.717) is 24.2 Å². The lowest BCUT2D eigenvalue weighted by molar-refractivity contribution is 0.0729. The Hall–Kier alpha value is -0.940. The van der Waals surface area contributed by atoms with E-state index in [4.69, 9.17) is 5.73 Å². The van der Waals surface area contributed by atoms with Crippen LogP contribution >= 0.6 is 11.3 Å². The standard InChI is InChI=1S/C11H17N3OS/c1-7-3-4-14(8(7)2)11(15)9-6-16-10(5-12)13-9/h6-8H,3-5,12H2,1-2H3. The van der Waals surface area contributed by atoms with Gasteiger partial charge in [-0.3, -0.25) is 4.79 Å². The first-order valence-corrected chi connectivity index (χ1v) is 6.47. The quantitative estimate of drug-likeness (QED) is 0.850. The zero-order chi connectivity index (χ0) is 11.7. The molecule has 1 aliphatic heterocycles. The van der Waals surface area contributed by atoms with Gasteiger partial charge in [0.05, 0.1) is 0 Å². The first kappa shape index (κ1) is 11.5. The molecule has 2 N–H and O–H groups in total. The third-order valence-corrected chi connectivity index (χ3v) is 4.22. The van der Waals surface area contributed by atoms with E-state index in [1.807, 2.05) is 4.90 Å². The van der Waals surface area contributed by atoms with E-state index in [1.165, 1.54) is 11.3 Å². The molecule has 4 nitrogen and oxygen atoms in total. The molecule has 0 saturated carbocycles. The summed E-state index contributed by atoms with van der Waals surface area (Å²) in [6.45, 7) is 5.54. The van der Waals surface area contributed by atoms with Crippen LogP contribution in [0.5, 0.6) is 0 Å². The zero-order valence-electron chi connectivity index (χ0n) is 9.64. The van der Waals surface area contributed by atoms with Crippen molar-refractivity contribution in [3.63, 3.8) is 0 Å². The maximum absolute atomic E-state index is 12.2. The first-order chi connectivity index (χ1) is 7.63. The Bertz CT molecular complexity index is 390. The van der Waals surface area contributed by atoms with E-state index in [9.17, 15) is 4.79 Å². The fraction of sp³-hybridized carbons (Fsp3) is 0.636. The van der Waals surface area contributed by atoms with Crippen LogP contribution in [0.15, 0.2) is 5.38 Å². The van der Waals surface area contributed by atoms with Gasteiger partial charge in [0.1, 0.15) is 10.7 Å². The number of rotatable bonds is 2. The molecule has 1 fully saturated rings. The Balaban J connectivity index is 2.13. The van der Waals surface area contributed by atoms with Crippen molar-refractivity contribution in [1.82, 2.24) is 9.88 Å². The average Bonchev–Trinajstić information content (AvgIpc) is 2.87. The first-order valence-electron chi connectivity index (χ1n) is 5.59. The van der Waals surface area contributed by atoms with E-state index < -0.39 is 0 Å². The van der Waals surface area contributed by atoms with Crippen molar-refractivity contribution in [3.05, 3.63) is 16.1 Å². The van der Waals surface area contributed by atoms with Crippen LogP contribution in [0.3, 0.4) is 0 Å². The molecule has 2 unspecified atom stereocenters. The van der Waals surface area contributed by atoms with Crippen molar-refractivity contribution in [3.8, 4) is 0 Å². The molecule has 1 aromatic rings. The lowest BCUT2D eigenvalue weighted by Crippen LogP contribution is -2.35. The fourth-order valence-corrected chi connectivity index (χ4v) is 2.68. The Morgan fingerprint density at radius 1 is 1.69 bits per heavy atom. The predicted octanol–water partition coefficient (Wildman–Crippen LogP) is 1.47. The number of nitrogens with two attached hydrogens (primary N) is 1. The molecule has 1 aromatic heterocycles. The molecule has 0 spiro atoms. The van der Waals surface area contributed by atoms with Crippen LogP contribution in [-0.2, 0) is 6.54 Å². The highest BCUT2D eigenvalue weighted by Gasteiger charge is 2.32. The summed E-state index contributed by atoms with van der Waals surface area (Å²) in [5.74, 6) is 0.629. The van der Waals surface area contributed by atoms with Crippen LogP contribution < -0.4 is 5.73 Å². The van der Waals surface area contributed by atoms with E-state index >= 15 is 0 Å². The fourth-order valence-electron chi connectivity index (χ4n) is 2.03. The summed E-state index contributed by atoms with van der Waals surface area (Å²) in [6, 6.07) is 0.315. The minimum absolute atomic E-state index is 0.0489. The van der Waals surface area contributed by atoms with Crippen LogP contribution in [-0.4, -0.2) is 28.4 Å². The normalized spacial score (nSPS) is 25.1. The Kier molecular flexibility index (Phi) is 3.25. The van der Waals surface area contributed by atoms with Crippen LogP contribution in [0.4, 0.5) is 0 Å². The van der Waals surface area contributed by atoms with Gasteiger partial charge in [0, 0.05) is 24.5 Å². The molecule has 1 amide bonds. The smallest absolute Gasteiger partial charge is 0.273 e. The average molecular weight is 239 g/mol. The Morgan fingerprint density at radius 2 is 2.44 bits per heavy atom. The topological polar surface area (TPSA) is 59.2 Å². The highest BCUT2D eigenvalue weighted by atomic mass is 32.1. The SMILES string of the molecule is CC1CCN(C(=O)c2csc(CN)n2)C1C. The number of thiazole rings is 1. The van der Waals surface area contributed by atoms with Crippen LogP contribution in [0.2, 0.25) is 0 Å². The van der Waals surface area contributed by atoms with Gasteiger partial charge in [-0.05, 0) is 19.3 Å². The van der Waals surface area contributed by atoms with Gasteiger partial charge >= 0.3 is 0 Å². The van der Waals surface area contributed by atoms with Crippen molar-refractivity contribution in [2.24, 2.45) is 11.7 Å². The van der Waals surface area contributed by atoms with E-state index in [0.717, 1.165) is 18.0 Å². The molecule has 0 bridgehead atoms. The number of likely N-dealkylation sites (tertiary alicyclic amines) is 1. The lowest BCUT2D eigenvalue weighted by Gasteiger charge is -2.22. The molecular weight excluding hydrogens is 222 g/mol. The monoisotopic (exact) mass is 239 g/mol. The third-order valence-electron chi connectivity index (χ3n) is 3.35. The highest BCUT2D eigenvalue weighted by molar-refractivity contribution is 7.09. The van der Waals surface area contributed by atoms with Gasteiger partial charge in [-0.25, -0.2) is 4.98 Å². The van der Waals surface area contributed by atoms with Crippen LogP contribution in [0, 0.1) is 5.92 Å². The lowest BCUT2D eigenvalue weighted by atomic mass is 10.1. The van der Waals surface area contributed by atoms with Crippen molar-refractivity contribution in [2.75, 3.05) is 6.54 Å². The second kappa shape index (κ2) is 4.51. The number of amides is 1. The van der Waals surface area contributed by atoms with Crippen molar-refractivity contribution in [2.45, 2.75) is 32.9 Å². The van der Waals surface area contributed by atoms with Crippen LogP contribution in [0.25, 0.3) is 0 Å². The Morgan fingerprint density at radius 3 is 2.94 bits per heavy atom. The number of hydrogen-bond acceptors (Lipinski definition) is 4. The highest BCUT2D eigenvalue weighted by Crippen LogP contribution is 2.25. The minimum Gasteiger partial charge on any atom is -0.334 e. The molecule has 0 aromatic carbocycles. The summed E-state index contributed by atoms with van der Waals surface area (Å²) < 4.78 is 0. The van der Waals surface area contributed by atoms with Crippen molar-refractivity contribution in [1.29, 1.82) is 0 Å². The maximum Gasteiger partial charge on any atom is 0.273 e. The van der Waals surface area contributed by atoms with Gasteiger partial charge in [-0.15, -0.1) is 11.3 Å². The number of aromatic nitrogens is 1. The summed E-state index contributed by atoms with van der Waals surface area (Å²) >= 11 is 1.46. The largest absolute Gasteiger partial charge is 0.334 e. The third kappa shape index (κ3) is 1.97. The van der Waals surface area contributed by atoms with Gasteiger partial charge < -0.3 is 10.6 Å². The minimum atomic E-state index is 0.0489. The van der Waals surface area contributed by atoms with Crippen molar-refractivity contribution < 1.29 is 4.79 Å². The molecule has 1 saturated heterocycles. The van der Waals surface area contributed by atoms with Gasteiger partial charge in [0.15, 0.2) is 0 Å². The predicted molar refractivity (Wildman–Crippen MR) is 64.3 cm³/mol. The summed E-state index contributed by atoms with van der Waals surface area (Å²) in [5, 5.41) is 2.63. The molecule has 2 rings (SSSR count). The number of nitrogens with zero attached hydrogens (tertiary/aromatic N) is 2. The van der Waals surface area contributed by atoms with E-state index in [1.54, 1.807) is 5.38 Å². The molecule has 5 heteroatoms. The van der Waals surface area contributed by atoms with Gasteiger partial charge in [0.2, 0.25) is 0 Å². The summed E-state index contributed by atoms with van der Waals surface area (Å²) in [5.41, 5.74) is 6.04. The zero-order valence-corrected chi connectivity index (χ0v) is 10.5. The second-order valence-electron chi connectivity index (χ2n) is 4.34. The van der Waals surface area contributed by atoms with Crippen molar-refractivity contribution >= 4 is 17.2 Å². The summed E-state index contributed by atoms with van der Waals surface area (Å²) in [7, 11) is 0. The molecule has 1 aliphatic rings. The summed E-state index contributed by atoms with van der Waals surface area (Å²) in [4.78, 5) is 18.3. The summed E-state index contributed by atoms with van der Waals surface area (Å²) in [6.07, 6.45) is 1.08. The molecule has 88 valence electrons. The Labute approximate surface area is 99.5 Å². The number of carbonyl (C=O) groups excluding carboxylic acids is 1. The molecule has 2 heterocycles. The molecular formula is C11H17N3OS. The van der Waals surface area contributed by atoms with E-state index in [-0.39, 0.29) is 5.91 Å². The van der Waals surface area contributed by atoms with Gasteiger partial charge in [-0.1, -0.05) is 6.92 Å². The number of hydrogen-bond donors (Lipinski definition) is 1. The molecule has 16 heavy (non-hydrogen) atoms. The van der Waals surface area contributed by atoms with Gasteiger partial charge in [0.25, 0.3) is 5.91 Å². The molecule has 0 radical (unpaired) electrons.